The number of aliphatic carboxylic acids is 1. The summed E-state index contributed by atoms with van der Waals surface area (Å²) in [5.74, 6) is -16.0. The zero-order valence-corrected chi connectivity index (χ0v) is 57.2. The number of phenols is 3. The van der Waals surface area contributed by atoms with Crippen molar-refractivity contribution in [1.82, 2.24) is 37.2 Å². The number of fused-ring (bicyclic) bond motifs is 15. The third kappa shape index (κ3) is 16.4. The molecule has 2 fully saturated rings. The number of rotatable bonds is 13. The number of likely N-dealkylation sites (N-methyl/N-ethyl adjacent to an activating group) is 1. The first-order valence-electron chi connectivity index (χ1n) is 31.6. The molecule has 0 spiro atoms. The van der Waals surface area contributed by atoms with Crippen LogP contribution in [0.15, 0.2) is 78.9 Å². The average molecular weight is 1510 g/mol. The van der Waals surface area contributed by atoms with E-state index < -0.39 is 237 Å². The molecule has 12 rings (SSSR count). The molecule has 36 heteroatoms. The first-order chi connectivity index (χ1) is 47.7. The Labute approximate surface area is 600 Å². The van der Waals surface area contributed by atoms with Crippen LogP contribution in [0.1, 0.15) is 105 Å². The van der Waals surface area contributed by atoms with Crippen molar-refractivity contribution in [1.29, 1.82) is 0 Å². The molecule has 7 aliphatic rings. The molecule has 2 saturated heterocycles. The molecule has 1 radical (unpaired) electrons. The average Bonchev–Trinajstić information content (AvgIpc) is 0.773. The van der Waals surface area contributed by atoms with Gasteiger partial charge in [-0.3, -0.25) is 33.6 Å². The summed E-state index contributed by atoms with van der Waals surface area (Å²) in [5.41, 5.74) is 8.00. The van der Waals surface area contributed by atoms with E-state index in [0.717, 1.165) is 66.7 Å². The fraction of sp³-hybridized carbons (Fsp3) is 0.424. The van der Waals surface area contributed by atoms with Crippen LogP contribution in [0.25, 0.3) is 11.1 Å². The summed E-state index contributed by atoms with van der Waals surface area (Å²) in [6.45, 7) is 5.66. The molecular formula is C66H75Cl2CoN9O24+2. The van der Waals surface area contributed by atoms with Crippen molar-refractivity contribution in [2.45, 2.75) is 156 Å². The number of carboxylic acids is 1. The Morgan fingerprint density at radius 3 is 1.89 bits per heavy atom. The van der Waals surface area contributed by atoms with Crippen LogP contribution in [0.5, 0.6) is 46.0 Å². The quantitative estimate of drug-likeness (QED) is 0.0743. The van der Waals surface area contributed by atoms with Crippen LogP contribution < -0.4 is 62.9 Å². The van der Waals surface area contributed by atoms with E-state index in [4.69, 9.17) is 63.1 Å². The van der Waals surface area contributed by atoms with Crippen molar-refractivity contribution in [2.24, 2.45) is 17.4 Å². The number of primary amides is 1. The van der Waals surface area contributed by atoms with Gasteiger partial charge in [0.1, 0.15) is 89.5 Å². The summed E-state index contributed by atoms with van der Waals surface area (Å²) < 4.78 is 38.3. The van der Waals surface area contributed by atoms with Crippen molar-refractivity contribution in [3.63, 3.8) is 0 Å². The monoisotopic (exact) mass is 1510 g/mol. The van der Waals surface area contributed by atoms with Crippen molar-refractivity contribution in [3.8, 4) is 57.1 Å². The molecule has 33 nitrogen and oxygen atoms in total. The molecule has 0 unspecified atom stereocenters. The van der Waals surface area contributed by atoms with Gasteiger partial charge in [0.2, 0.25) is 53.4 Å². The van der Waals surface area contributed by atoms with Gasteiger partial charge in [-0.25, -0.2) is 4.79 Å². The van der Waals surface area contributed by atoms with E-state index >= 15 is 14.4 Å². The number of carbonyl (C=O) groups is 8. The van der Waals surface area contributed by atoms with E-state index in [1.165, 1.54) is 33.0 Å². The van der Waals surface area contributed by atoms with Crippen LogP contribution in [0.4, 0.5) is 0 Å². The van der Waals surface area contributed by atoms with Gasteiger partial charge in [0.15, 0.2) is 29.9 Å². The number of carboxylic acid groups (broad SMARTS) is 1. The van der Waals surface area contributed by atoms with Gasteiger partial charge >= 0.3 is 22.7 Å². The minimum Gasteiger partial charge on any atom is -0.508 e. The zero-order valence-electron chi connectivity index (χ0n) is 54.7. The summed E-state index contributed by atoms with van der Waals surface area (Å²) >= 11 is 14.1. The third-order valence-electron chi connectivity index (χ3n) is 17.8. The van der Waals surface area contributed by atoms with E-state index in [2.05, 4.69) is 37.2 Å². The molecule has 18 atom stereocenters. The summed E-state index contributed by atoms with van der Waals surface area (Å²) in [6.07, 6.45) is -18.6. The molecule has 7 heterocycles. The van der Waals surface area contributed by atoms with Crippen LogP contribution in [0, 0.1) is 5.92 Å². The third-order valence-corrected chi connectivity index (χ3v) is 18.4. The van der Waals surface area contributed by atoms with Gasteiger partial charge in [-0.15, -0.1) is 0 Å². The SMILES string of the molecule is CN[C@H](CC(C)C)C(=O)N[C@H]1C(=O)N[C@@H](CC(N)=O)C(=O)N[C@H]2C(=O)N[C@H]3C(=O)N[C@H](C(=O)N[C@H](C(=O)O)c4cc(O)cc(O)c4-c4cc3ccc4O)[C@H](O)c3ccc(c(Cl)c3)Oc3cc2cc(c3O[C@@H]2O[C@H](CO)[C@@H](O)[C@H](O)[C@H]2O[C@H]2C[C@](C)(N)[C@H](O)[C@H](C)O2)Oc2ccc(cc2Cl)[C@H]1O.[Co+2]. The number of nitrogens with one attached hydrogen (secondary N) is 7. The number of carbonyl (C=O) groups excluding carboxylic acids is 7. The topological polar surface area (TPSA) is 530 Å². The van der Waals surface area contributed by atoms with Crippen LogP contribution in [-0.4, -0.2) is 191 Å². The number of nitrogens with two attached hydrogens (primary N) is 2. The van der Waals surface area contributed by atoms with Crippen LogP contribution >= 0.6 is 23.2 Å². The number of hydrogen-bond acceptors (Lipinski definition) is 25. The summed E-state index contributed by atoms with van der Waals surface area (Å²) in [5, 5.41) is 131. The number of benzene rings is 5. The maximum atomic E-state index is 16.0. The second kappa shape index (κ2) is 31.5. The fourth-order valence-corrected chi connectivity index (χ4v) is 12.9. The number of amides is 7. The molecule has 7 amide bonds. The molecule has 0 aromatic heterocycles. The maximum absolute atomic E-state index is 16.0. The van der Waals surface area contributed by atoms with E-state index in [1.54, 1.807) is 0 Å². The van der Waals surface area contributed by atoms with Gasteiger partial charge in [-0.1, -0.05) is 55.2 Å². The fourth-order valence-electron chi connectivity index (χ4n) is 12.5. The second-order valence-electron chi connectivity index (χ2n) is 25.7. The predicted octanol–water partition coefficient (Wildman–Crippen LogP) is 0.104. The summed E-state index contributed by atoms with van der Waals surface area (Å²) in [7, 11) is 1.47. The van der Waals surface area contributed by atoms with Crippen molar-refractivity contribution < 1.29 is 135 Å². The number of aliphatic hydroxyl groups excluding tert-OH is 6. The Morgan fingerprint density at radius 1 is 0.716 bits per heavy atom. The minimum absolute atomic E-state index is 0. The molecular weight excluding hydrogens is 1430 g/mol. The summed E-state index contributed by atoms with van der Waals surface area (Å²) in [4.78, 5) is 117. The molecule has 5 aromatic rings. The van der Waals surface area contributed by atoms with E-state index in [0.29, 0.717) is 0 Å². The number of ether oxygens (including phenoxy) is 6. The normalized spacial score (nSPS) is 29.1. The molecule has 21 N–H and O–H groups in total. The Kier molecular flexibility index (Phi) is 23.9. The maximum Gasteiger partial charge on any atom is 2.00 e. The standard InChI is InChI=1S/C66H75Cl2N9O24.Co/c1-23(2)12-34(71-5)58(88)76-49-51(83)26-7-10-38(32(67)14-26)97-40-16-28-17-41(55(40)101-65-56(54(86)53(85)42(22-78)99-65)100-44-21-66(4,70)57(87)24(3)96-44)98-39-11-8-27(15-33(39)68)52(84)50-63(93)75-48(64(94)95)31-18-29(79)19-37(81)45(31)30-13-25(6-9-36(30)80)46(60(90)77-50)74-61(91)47(28)73-59(89)35(20-43(69)82)72-62(49)92;/h6-11,13-19,23-24,34-35,42,44,46-54,56-57,65,71,78-81,83-87H,12,20-22,70H2,1-5H3,(H2,69,82)(H,72,92)(H,73,89)(H,74,91)(H,75,93)(H,76,88)(H,77,90)(H,94,95);/q;+2/t24-,34+,35-,42+,44-,46+,47+,48-,49+,50-,51+,52+,53+,54-,56+,57+,65-,66-;/m0./s1. The van der Waals surface area contributed by atoms with Crippen LogP contribution in [-0.2, 0) is 69.3 Å². The largest absolute Gasteiger partial charge is 2.00 e. The molecule has 549 valence electrons. The first kappa shape index (κ1) is 77.5. The Hall–Kier alpha value is -8.69. The zero-order chi connectivity index (χ0) is 73.5. The van der Waals surface area contributed by atoms with Crippen molar-refractivity contribution in [2.75, 3.05) is 13.7 Å². The van der Waals surface area contributed by atoms with E-state index in [-0.39, 0.29) is 63.0 Å². The number of hydrogen-bond donors (Lipinski definition) is 19. The Balaban J connectivity index is 0.0000121. The number of aliphatic hydroxyl groups is 6. The van der Waals surface area contributed by atoms with Gasteiger partial charge in [0.05, 0.1) is 41.3 Å². The number of aromatic hydroxyl groups is 3. The van der Waals surface area contributed by atoms with Crippen molar-refractivity contribution >= 4 is 70.5 Å². The predicted molar refractivity (Wildman–Crippen MR) is 349 cm³/mol. The second-order valence-corrected chi connectivity index (χ2v) is 26.5. The Morgan fingerprint density at radius 2 is 1.31 bits per heavy atom. The Bertz CT molecular complexity index is 4080. The molecule has 102 heavy (non-hydrogen) atoms. The van der Waals surface area contributed by atoms with Gasteiger partial charge in [0, 0.05) is 34.7 Å². The van der Waals surface area contributed by atoms with Crippen molar-refractivity contribution in [3.05, 3.63) is 117 Å². The van der Waals surface area contributed by atoms with Gasteiger partial charge < -0.3 is 128 Å². The molecule has 7 aliphatic heterocycles. The van der Waals surface area contributed by atoms with E-state index in [1.807, 2.05) is 13.8 Å². The molecule has 0 aliphatic carbocycles. The smallest absolute Gasteiger partial charge is 0.508 e. The number of halogens is 2. The van der Waals surface area contributed by atoms with Crippen LogP contribution in [0.3, 0.4) is 0 Å². The molecule has 0 saturated carbocycles. The molecule has 11 bridgehead atoms. The van der Waals surface area contributed by atoms with Crippen LogP contribution in [0.2, 0.25) is 10.0 Å². The van der Waals surface area contributed by atoms with E-state index in [9.17, 15) is 75.0 Å². The van der Waals surface area contributed by atoms with Gasteiger partial charge in [-0.2, -0.15) is 0 Å². The number of phenolic OH excluding ortho intramolecular Hbond substituents is 3. The summed E-state index contributed by atoms with van der Waals surface area (Å²) in [6, 6.07) is -0.679. The van der Waals surface area contributed by atoms with Gasteiger partial charge in [-0.05, 0) is 110 Å². The first-order valence-corrected chi connectivity index (χ1v) is 32.4. The minimum atomic E-state index is -2.35. The molecule has 5 aromatic carbocycles. The van der Waals surface area contributed by atoms with Gasteiger partial charge in [0.25, 0.3) is 0 Å².